The Labute approximate surface area is 219 Å². The van der Waals surface area contributed by atoms with Crippen molar-refractivity contribution in [1.29, 1.82) is 0 Å². The first-order valence-electron chi connectivity index (χ1n) is 12.3. The van der Waals surface area contributed by atoms with Gasteiger partial charge in [-0.25, -0.2) is 4.98 Å². The van der Waals surface area contributed by atoms with Gasteiger partial charge in [0.1, 0.15) is 0 Å². The van der Waals surface area contributed by atoms with Crippen LogP contribution in [0.2, 0.25) is 0 Å². The molecule has 1 aliphatic heterocycles. The highest BCUT2D eigenvalue weighted by molar-refractivity contribution is 7.99. The summed E-state index contributed by atoms with van der Waals surface area (Å²) in [6.45, 7) is 6.53. The van der Waals surface area contributed by atoms with Crippen LogP contribution in [0, 0.1) is 5.41 Å². The molecule has 4 aromatic rings. The molecule has 0 fully saturated rings. The highest BCUT2D eigenvalue weighted by Crippen LogP contribution is 2.50. The maximum atomic E-state index is 13.5. The summed E-state index contributed by atoms with van der Waals surface area (Å²) in [7, 11) is 0. The molecule has 3 N–H and O–H groups in total. The average Bonchev–Trinajstić information content (AvgIpc) is 3.45. The maximum absolute atomic E-state index is 13.5. The number of rotatable bonds is 4. The van der Waals surface area contributed by atoms with Crippen molar-refractivity contribution in [2.24, 2.45) is 5.41 Å². The first-order valence-corrected chi connectivity index (χ1v) is 13.1. The normalized spacial score (nSPS) is 17.8. The van der Waals surface area contributed by atoms with E-state index in [0.717, 1.165) is 62.0 Å². The number of para-hydroxylation sites is 2. The first kappa shape index (κ1) is 24.8. The molecule has 0 saturated heterocycles. The van der Waals surface area contributed by atoms with E-state index in [0.29, 0.717) is 6.42 Å². The third kappa shape index (κ3) is 4.78. The summed E-state index contributed by atoms with van der Waals surface area (Å²) >= 11 is 1.62. The van der Waals surface area contributed by atoms with Gasteiger partial charge >= 0.3 is 6.15 Å². The Kier molecular flexibility index (Phi) is 6.63. The second-order valence-electron chi connectivity index (χ2n) is 10.2. The van der Waals surface area contributed by atoms with E-state index in [1.807, 2.05) is 24.3 Å². The van der Waals surface area contributed by atoms with Crippen molar-refractivity contribution < 1.29 is 14.4 Å². The fraction of sp³-hybridized carbons (Fsp3) is 0.276. The number of aromatic nitrogens is 3. The smallest absolute Gasteiger partial charge is 0.363 e. The van der Waals surface area contributed by atoms with E-state index in [9.17, 15) is 4.79 Å². The summed E-state index contributed by atoms with van der Waals surface area (Å²) in [4.78, 5) is 42.4. The number of nitrogens with zero attached hydrogens (tertiary/aromatic N) is 1. The summed E-state index contributed by atoms with van der Waals surface area (Å²) < 4.78 is 0. The third-order valence-corrected chi connectivity index (χ3v) is 7.79. The number of hydrogen-bond donors (Lipinski definition) is 3. The van der Waals surface area contributed by atoms with Crippen molar-refractivity contribution in [3.8, 4) is 0 Å². The van der Waals surface area contributed by atoms with Crippen molar-refractivity contribution in [3.05, 3.63) is 82.8 Å². The first-order chi connectivity index (χ1) is 17.8. The van der Waals surface area contributed by atoms with Gasteiger partial charge in [0.05, 0.1) is 16.7 Å². The van der Waals surface area contributed by atoms with E-state index >= 15 is 0 Å². The number of fused-ring (bicyclic) bond motifs is 2. The second kappa shape index (κ2) is 9.88. The Morgan fingerprint density at radius 1 is 1.11 bits per heavy atom. The fourth-order valence-electron chi connectivity index (χ4n) is 5.42. The molecule has 1 aliphatic carbocycles. The summed E-state index contributed by atoms with van der Waals surface area (Å²) in [6, 6.07) is 16.6. The van der Waals surface area contributed by atoms with Gasteiger partial charge in [0.15, 0.2) is 10.9 Å². The molecule has 188 valence electrons. The molecule has 3 heterocycles. The topological polar surface area (TPSA) is 108 Å². The second-order valence-corrected chi connectivity index (χ2v) is 11.2. The molecule has 2 aromatic carbocycles. The van der Waals surface area contributed by atoms with Crippen LogP contribution < -0.4 is 5.32 Å². The number of hydrogen-bond acceptors (Lipinski definition) is 6. The van der Waals surface area contributed by atoms with Gasteiger partial charge in [-0.2, -0.15) is 9.59 Å². The van der Waals surface area contributed by atoms with E-state index < -0.39 is 0 Å². The van der Waals surface area contributed by atoms with E-state index in [4.69, 9.17) is 14.6 Å². The molecule has 0 saturated carbocycles. The Morgan fingerprint density at radius 2 is 1.89 bits per heavy atom. The monoisotopic (exact) mass is 512 g/mol. The SMILES string of the molecule is CCc1[nH]cc2c1NC1=C(C(=O)CC(C)(C)C1)C2c1cccc(Sc2nc3ccccc3[nH]2)c1.O=C=O. The molecule has 0 bridgehead atoms. The Hall–Kier alpha value is -3.87. The highest BCUT2D eigenvalue weighted by Gasteiger charge is 2.41. The number of allylic oxidation sites excluding steroid dienone is 2. The minimum absolute atomic E-state index is 0.0351. The van der Waals surface area contributed by atoms with Gasteiger partial charge in [0.25, 0.3) is 0 Å². The molecule has 6 rings (SSSR count). The summed E-state index contributed by atoms with van der Waals surface area (Å²) in [6.07, 6.45) is 4.71. The van der Waals surface area contributed by atoms with E-state index in [1.54, 1.807) is 11.8 Å². The summed E-state index contributed by atoms with van der Waals surface area (Å²) in [5.41, 5.74) is 8.63. The van der Waals surface area contributed by atoms with Crippen molar-refractivity contribution in [1.82, 2.24) is 15.0 Å². The summed E-state index contributed by atoms with van der Waals surface area (Å²) in [5.74, 6) is 0.187. The number of carbonyl (C=O) groups is 1. The molecule has 0 amide bonds. The van der Waals surface area contributed by atoms with Crippen LogP contribution in [-0.2, 0) is 20.8 Å². The van der Waals surface area contributed by atoms with E-state index in [2.05, 4.69) is 66.5 Å². The van der Waals surface area contributed by atoms with Gasteiger partial charge < -0.3 is 15.3 Å². The van der Waals surface area contributed by atoms with Gasteiger partial charge in [0.2, 0.25) is 0 Å². The predicted molar refractivity (Wildman–Crippen MR) is 142 cm³/mol. The summed E-state index contributed by atoms with van der Waals surface area (Å²) in [5, 5.41) is 4.53. The molecule has 0 spiro atoms. The Morgan fingerprint density at radius 3 is 2.65 bits per heavy atom. The van der Waals surface area contributed by atoms with Gasteiger partial charge in [0, 0.05) is 46.0 Å². The third-order valence-electron chi connectivity index (χ3n) is 6.92. The van der Waals surface area contributed by atoms with Crippen LogP contribution in [0.3, 0.4) is 0 Å². The molecule has 2 aromatic heterocycles. The number of carbonyl (C=O) groups excluding carboxylic acids is 3. The lowest BCUT2D eigenvalue weighted by molar-refractivity contribution is -0.191. The average molecular weight is 513 g/mol. The van der Waals surface area contributed by atoms with Crippen LogP contribution in [0.5, 0.6) is 0 Å². The number of anilines is 1. The van der Waals surface area contributed by atoms with Crippen molar-refractivity contribution in [2.45, 2.75) is 56.0 Å². The van der Waals surface area contributed by atoms with Gasteiger partial charge in [-0.05, 0) is 48.1 Å². The van der Waals surface area contributed by atoms with Crippen LogP contribution in [0.15, 0.2) is 76.0 Å². The Balaban J connectivity index is 0.000000892. The molecule has 0 radical (unpaired) electrons. The van der Waals surface area contributed by atoms with Crippen molar-refractivity contribution in [2.75, 3.05) is 5.32 Å². The van der Waals surface area contributed by atoms with Crippen molar-refractivity contribution >= 4 is 40.4 Å². The number of benzene rings is 2. The van der Waals surface area contributed by atoms with Crippen molar-refractivity contribution in [3.63, 3.8) is 0 Å². The molecule has 1 unspecified atom stereocenters. The molecular weight excluding hydrogens is 484 g/mol. The minimum atomic E-state index is -0.0670. The number of H-pyrrole nitrogens is 2. The van der Waals surface area contributed by atoms with Crippen LogP contribution in [-0.4, -0.2) is 26.9 Å². The van der Waals surface area contributed by atoms with Gasteiger partial charge in [-0.15, -0.1) is 0 Å². The fourth-order valence-corrected chi connectivity index (χ4v) is 6.29. The lowest BCUT2D eigenvalue weighted by atomic mass is 9.69. The van der Waals surface area contributed by atoms with Crippen LogP contribution in [0.1, 0.15) is 56.4 Å². The predicted octanol–water partition coefficient (Wildman–Crippen LogP) is 6.22. The molecule has 1 atom stereocenters. The number of ketones is 1. The van der Waals surface area contributed by atoms with Crippen LogP contribution in [0.4, 0.5) is 5.69 Å². The van der Waals surface area contributed by atoms with E-state index in [-0.39, 0.29) is 23.3 Å². The lowest BCUT2D eigenvalue weighted by Crippen LogP contribution is -2.33. The number of aryl methyl sites for hydroxylation is 1. The molecule has 37 heavy (non-hydrogen) atoms. The quantitative estimate of drug-likeness (QED) is 0.300. The number of aromatic amines is 2. The molecule has 2 aliphatic rings. The lowest BCUT2D eigenvalue weighted by Gasteiger charge is -2.38. The number of nitrogens with one attached hydrogen (secondary N) is 3. The number of Topliss-reactive ketones (excluding diaryl/α,β-unsaturated/α-hetero) is 1. The molecular formula is C29H28N4O3S. The zero-order valence-corrected chi connectivity index (χ0v) is 21.8. The number of imidazole rings is 1. The Bertz CT molecular complexity index is 1520. The van der Waals surface area contributed by atoms with Crippen LogP contribution in [0.25, 0.3) is 11.0 Å². The minimum Gasteiger partial charge on any atom is -0.363 e. The van der Waals surface area contributed by atoms with Crippen LogP contribution >= 0.6 is 11.8 Å². The standard InChI is InChI=1S/C28H28N4OS.CO2/c1-4-19-26-18(15-29-19)24(25-22(30-26)13-28(2,3)14-23(25)33)16-8-7-9-17(12-16)34-27-31-20-10-5-6-11-21(20)32-27;2-1-3/h5-12,15,24,29-30H,4,13-14H2,1-3H3,(H,31,32);. The zero-order chi connectivity index (χ0) is 26.2. The largest absolute Gasteiger partial charge is 0.373 e. The highest BCUT2D eigenvalue weighted by atomic mass is 32.2. The van der Waals surface area contributed by atoms with Gasteiger partial charge in [-0.1, -0.05) is 56.8 Å². The zero-order valence-electron chi connectivity index (χ0n) is 21.0. The molecule has 8 heteroatoms. The maximum Gasteiger partial charge on any atom is 0.373 e. The van der Waals surface area contributed by atoms with Gasteiger partial charge in [-0.3, -0.25) is 4.79 Å². The molecule has 7 nitrogen and oxygen atoms in total. The van der Waals surface area contributed by atoms with E-state index in [1.165, 1.54) is 5.69 Å².